The van der Waals surface area contributed by atoms with Gasteiger partial charge in [0.05, 0.1) is 17.8 Å². The number of imidazole rings is 1. The monoisotopic (exact) mass is 367 g/mol. The molecule has 0 spiro atoms. The van der Waals surface area contributed by atoms with Crippen molar-refractivity contribution in [1.29, 1.82) is 0 Å². The molecule has 0 saturated carbocycles. The number of hydrogen-bond donors (Lipinski definition) is 0. The molecule has 0 saturated heterocycles. The minimum Gasteiger partial charge on any atom is -0.338 e. The molecule has 0 radical (unpaired) electrons. The third kappa shape index (κ3) is 4.46. The molecule has 134 valence electrons. The number of rotatable bonds is 7. The smallest absolute Gasteiger partial charge is 0.227 e. The summed E-state index contributed by atoms with van der Waals surface area (Å²) in [5.74, 6) is 0.886. The molecular weight excluding hydrogens is 346 g/mol. The van der Waals surface area contributed by atoms with Crippen LogP contribution in [0.5, 0.6) is 0 Å². The number of ketones is 1. The number of benzene rings is 1. The van der Waals surface area contributed by atoms with Crippen LogP contribution in [0.3, 0.4) is 0 Å². The van der Waals surface area contributed by atoms with E-state index in [0.717, 1.165) is 17.9 Å². The highest BCUT2D eigenvalue weighted by Crippen LogP contribution is 2.17. The second kappa shape index (κ2) is 8.10. The van der Waals surface area contributed by atoms with E-state index in [1.165, 1.54) is 23.8 Å². The SMILES string of the molecule is CC(=O)c1cc(CC(=O)N(C)Cc2nccn2Cc2ccccc2)cs1. The average Bonchev–Trinajstić information content (AvgIpc) is 3.26. The van der Waals surface area contributed by atoms with E-state index in [1.807, 2.05) is 29.8 Å². The fourth-order valence-electron chi connectivity index (χ4n) is 2.68. The molecule has 0 unspecified atom stereocenters. The quantitative estimate of drug-likeness (QED) is 0.602. The first kappa shape index (κ1) is 18.1. The minimum atomic E-state index is 0.00663. The molecule has 1 aromatic carbocycles. The topological polar surface area (TPSA) is 55.2 Å². The zero-order valence-electron chi connectivity index (χ0n) is 14.9. The van der Waals surface area contributed by atoms with E-state index >= 15 is 0 Å². The van der Waals surface area contributed by atoms with Gasteiger partial charge < -0.3 is 9.47 Å². The lowest BCUT2D eigenvalue weighted by atomic mass is 10.2. The molecule has 0 N–H and O–H groups in total. The molecular formula is C20H21N3O2S. The van der Waals surface area contributed by atoms with Crippen LogP contribution < -0.4 is 0 Å². The van der Waals surface area contributed by atoms with Crippen LogP contribution in [0.2, 0.25) is 0 Å². The summed E-state index contributed by atoms with van der Waals surface area (Å²) in [6.07, 6.45) is 3.98. The summed E-state index contributed by atoms with van der Waals surface area (Å²) in [5, 5.41) is 1.87. The Bertz CT molecular complexity index is 899. The van der Waals surface area contributed by atoms with Gasteiger partial charge in [0, 0.05) is 26.0 Å². The molecule has 0 bridgehead atoms. The summed E-state index contributed by atoms with van der Waals surface area (Å²) >= 11 is 1.38. The van der Waals surface area contributed by atoms with E-state index in [2.05, 4.69) is 21.7 Å². The van der Waals surface area contributed by atoms with Gasteiger partial charge in [-0.25, -0.2) is 4.98 Å². The second-order valence-corrected chi connectivity index (χ2v) is 7.17. The van der Waals surface area contributed by atoms with Gasteiger partial charge in [-0.1, -0.05) is 30.3 Å². The second-order valence-electron chi connectivity index (χ2n) is 6.26. The summed E-state index contributed by atoms with van der Waals surface area (Å²) in [6, 6.07) is 12.0. The summed E-state index contributed by atoms with van der Waals surface area (Å²) in [6.45, 7) is 2.71. The Morgan fingerprint density at radius 3 is 2.65 bits per heavy atom. The summed E-state index contributed by atoms with van der Waals surface area (Å²) in [7, 11) is 1.78. The third-order valence-electron chi connectivity index (χ3n) is 4.16. The fraction of sp³-hybridized carbons (Fsp3) is 0.250. The van der Waals surface area contributed by atoms with E-state index in [4.69, 9.17) is 0 Å². The predicted octanol–water partition coefficient (Wildman–Crippen LogP) is 3.40. The number of amides is 1. The van der Waals surface area contributed by atoms with Gasteiger partial charge in [0.15, 0.2) is 5.78 Å². The van der Waals surface area contributed by atoms with Crippen molar-refractivity contribution in [2.45, 2.75) is 26.4 Å². The first-order valence-corrected chi connectivity index (χ1v) is 9.27. The lowest BCUT2D eigenvalue weighted by molar-refractivity contribution is -0.129. The van der Waals surface area contributed by atoms with E-state index in [1.54, 1.807) is 24.2 Å². The number of aromatic nitrogens is 2. The van der Waals surface area contributed by atoms with Gasteiger partial charge >= 0.3 is 0 Å². The van der Waals surface area contributed by atoms with Gasteiger partial charge in [0.1, 0.15) is 5.82 Å². The molecule has 6 heteroatoms. The van der Waals surface area contributed by atoms with Crippen molar-refractivity contribution in [3.05, 3.63) is 76.0 Å². The molecule has 3 rings (SSSR count). The Kier molecular flexibility index (Phi) is 5.63. The standard InChI is InChI=1S/C20H21N3O2S/c1-15(24)18-10-17(14-26-18)11-20(25)22(2)13-19-21-8-9-23(19)12-16-6-4-3-5-7-16/h3-10,14H,11-13H2,1-2H3. The van der Waals surface area contributed by atoms with Crippen LogP contribution in [-0.4, -0.2) is 33.2 Å². The molecule has 0 aliphatic carbocycles. The van der Waals surface area contributed by atoms with E-state index in [0.29, 0.717) is 17.8 Å². The van der Waals surface area contributed by atoms with Crippen molar-refractivity contribution in [2.75, 3.05) is 7.05 Å². The van der Waals surface area contributed by atoms with Crippen LogP contribution in [0.1, 0.15) is 33.5 Å². The molecule has 5 nitrogen and oxygen atoms in total. The predicted molar refractivity (Wildman–Crippen MR) is 102 cm³/mol. The Morgan fingerprint density at radius 1 is 1.19 bits per heavy atom. The van der Waals surface area contributed by atoms with Crippen LogP contribution in [-0.2, 0) is 24.3 Å². The summed E-state index contributed by atoms with van der Waals surface area (Å²) in [4.78, 5) is 30.6. The Balaban J connectivity index is 1.62. The number of Topliss-reactive ketones (excluding diaryl/α,β-unsaturated/α-hetero) is 1. The summed E-state index contributed by atoms with van der Waals surface area (Å²) < 4.78 is 2.05. The molecule has 2 aromatic heterocycles. The number of carbonyl (C=O) groups is 2. The number of thiophene rings is 1. The van der Waals surface area contributed by atoms with Crippen molar-refractivity contribution in [2.24, 2.45) is 0 Å². The Morgan fingerprint density at radius 2 is 1.96 bits per heavy atom. The average molecular weight is 367 g/mol. The minimum absolute atomic E-state index is 0.00663. The van der Waals surface area contributed by atoms with Gasteiger partial charge in [-0.15, -0.1) is 11.3 Å². The largest absolute Gasteiger partial charge is 0.338 e. The molecule has 0 atom stereocenters. The normalized spacial score (nSPS) is 10.7. The molecule has 3 aromatic rings. The highest BCUT2D eigenvalue weighted by Gasteiger charge is 2.15. The molecule has 1 amide bonds. The van der Waals surface area contributed by atoms with Gasteiger partial charge in [-0.3, -0.25) is 9.59 Å². The highest BCUT2D eigenvalue weighted by atomic mass is 32.1. The first-order valence-electron chi connectivity index (χ1n) is 8.39. The molecule has 0 aliphatic rings. The number of hydrogen-bond acceptors (Lipinski definition) is 4. The molecule has 0 aliphatic heterocycles. The first-order chi connectivity index (χ1) is 12.5. The van der Waals surface area contributed by atoms with Crippen molar-refractivity contribution in [1.82, 2.24) is 14.5 Å². The lowest BCUT2D eigenvalue weighted by Gasteiger charge is -2.17. The van der Waals surface area contributed by atoms with Crippen molar-refractivity contribution in [3.8, 4) is 0 Å². The Labute approximate surface area is 156 Å². The Hall–Kier alpha value is -2.73. The zero-order valence-corrected chi connectivity index (χ0v) is 15.7. The van der Waals surface area contributed by atoms with E-state index < -0.39 is 0 Å². The number of carbonyl (C=O) groups excluding carboxylic acids is 2. The van der Waals surface area contributed by atoms with Crippen molar-refractivity contribution >= 4 is 23.0 Å². The number of likely N-dealkylation sites (N-methyl/N-ethyl adjacent to an activating group) is 1. The maximum atomic E-state index is 12.5. The van der Waals surface area contributed by atoms with Crippen LogP contribution in [0.25, 0.3) is 0 Å². The van der Waals surface area contributed by atoms with Crippen molar-refractivity contribution < 1.29 is 9.59 Å². The fourth-order valence-corrected chi connectivity index (χ4v) is 3.49. The molecule has 26 heavy (non-hydrogen) atoms. The van der Waals surface area contributed by atoms with Crippen molar-refractivity contribution in [3.63, 3.8) is 0 Å². The highest BCUT2D eigenvalue weighted by molar-refractivity contribution is 7.12. The maximum absolute atomic E-state index is 12.5. The molecule has 0 fully saturated rings. The summed E-state index contributed by atoms with van der Waals surface area (Å²) in [5.41, 5.74) is 2.07. The van der Waals surface area contributed by atoms with Gasteiger partial charge in [-0.2, -0.15) is 0 Å². The lowest BCUT2D eigenvalue weighted by Crippen LogP contribution is -2.29. The van der Waals surface area contributed by atoms with E-state index in [9.17, 15) is 9.59 Å². The maximum Gasteiger partial charge on any atom is 0.227 e. The van der Waals surface area contributed by atoms with E-state index in [-0.39, 0.29) is 11.7 Å². The number of nitrogens with zero attached hydrogens (tertiary/aromatic N) is 3. The van der Waals surface area contributed by atoms with Crippen LogP contribution >= 0.6 is 11.3 Å². The van der Waals surface area contributed by atoms with Crippen LogP contribution in [0, 0.1) is 0 Å². The van der Waals surface area contributed by atoms with Crippen LogP contribution in [0.4, 0.5) is 0 Å². The third-order valence-corrected chi connectivity index (χ3v) is 5.24. The van der Waals surface area contributed by atoms with Gasteiger partial charge in [-0.05, 0) is 29.5 Å². The van der Waals surface area contributed by atoms with Crippen LogP contribution in [0.15, 0.2) is 54.2 Å². The van der Waals surface area contributed by atoms with Gasteiger partial charge in [0.2, 0.25) is 5.91 Å². The van der Waals surface area contributed by atoms with Gasteiger partial charge in [0.25, 0.3) is 0 Å². The molecule has 2 heterocycles. The zero-order chi connectivity index (χ0) is 18.5.